The fourth-order valence-corrected chi connectivity index (χ4v) is 8.68. The van der Waals surface area contributed by atoms with Gasteiger partial charge in [0.2, 0.25) is 0 Å². The van der Waals surface area contributed by atoms with Crippen LogP contribution in [0, 0.1) is 0 Å². The molecule has 3 aromatic carbocycles. The van der Waals surface area contributed by atoms with Crippen LogP contribution in [0.3, 0.4) is 0 Å². The minimum absolute atomic E-state index is 0.0555. The number of carboxylic acid groups (broad SMARTS) is 1. The number of rotatable bonds is 9. The molecule has 1 N–H and O–H groups in total. The van der Waals surface area contributed by atoms with Crippen molar-refractivity contribution in [1.82, 2.24) is 0 Å². The predicted octanol–water partition coefficient (Wildman–Crippen LogP) is 4.15. The maximum absolute atomic E-state index is 13.1. The summed E-state index contributed by atoms with van der Waals surface area (Å²) in [5, 5.41) is 11.1. The Balaban J connectivity index is 2.04. The third-order valence-corrected chi connectivity index (χ3v) is 10.6. The van der Waals surface area contributed by atoms with Gasteiger partial charge in [0.15, 0.2) is 6.10 Å². The lowest BCUT2D eigenvalue weighted by molar-refractivity contribution is -0.158. The number of esters is 1. The third-order valence-electron chi connectivity index (χ3n) is 5.58. The Kier molecular flexibility index (Phi) is 7.84. The highest BCUT2D eigenvalue weighted by molar-refractivity contribution is 6.99. The summed E-state index contributed by atoms with van der Waals surface area (Å²) in [6.45, 7) is 6.28. The van der Waals surface area contributed by atoms with Crippen molar-refractivity contribution >= 4 is 30.6 Å². The van der Waals surface area contributed by atoms with E-state index in [0.29, 0.717) is 0 Å². The second kappa shape index (κ2) is 10.6. The van der Waals surface area contributed by atoms with Gasteiger partial charge in [-0.05, 0) is 21.0 Å². The van der Waals surface area contributed by atoms with Crippen LogP contribution in [0.5, 0.6) is 0 Å². The third kappa shape index (κ3) is 5.77. The summed E-state index contributed by atoms with van der Waals surface area (Å²) in [5.41, 5.74) is 0.824. The molecule has 0 aromatic heterocycles. The van der Waals surface area contributed by atoms with Crippen LogP contribution < -0.4 is 10.4 Å². The lowest BCUT2D eigenvalue weighted by Crippen LogP contribution is -2.68. The first kappa shape index (κ1) is 24.4. The molecule has 172 valence electrons. The molecule has 6 heteroatoms. The summed E-state index contributed by atoms with van der Waals surface area (Å²) in [6, 6.07) is 28.9. The molecule has 1 unspecified atom stereocenters. The highest BCUT2D eigenvalue weighted by atomic mass is 28.4. The predicted molar refractivity (Wildman–Crippen MR) is 131 cm³/mol. The maximum Gasteiger partial charge on any atom is 0.334 e. The summed E-state index contributed by atoms with van der Waals surface area (Å²) in [4.78, 5) is 24.9. The average Bonchev–Trinajstić information content (AvgIpc) is 2.81. The number of hydrogen-bond donors (Lipinski definition) is 1. The van der Waals surface area contributed by atoms with Gasteiger partial charge in [0.25, 0.3) is 8.32 Å². The molecule has 1 atom stereocenters. The first-order valence-electron chi connectivity index (χ1n) is 11.0. The van der Waals surface area contributed by atoms with Crippen LogP contribution in [0.15, 0.2) is 91.0 Å². The molecule has 0 aliphatic carbocycles. The molecular weight excluding hydrogens is 432 g/mol. The summed E-state index contributed by atoms with van der Waals surface area (Å²) >= 11 is 0. The number of benzene rings is 3. The fourth-order valence-electron chi connectivity index (χ4n) is 4.06. The second-order valence-corrected chi connectivity index (χ2v) is 13.2. The van der Waals surface area contributed by atoms with Gasteiger partial charge in [-0.3, -0.25) is 4.79 Å². The molecule has 0 aliphatic rings. The standard InChI is InChI=1S/C27H30O5Si/c1-27(2,3)33(22-15-9-5-10-16-22,23-17-11-6-12-18-23)32-24(19-25(28)29)26(30)31-20-21-13-7-4-8-14-21/h4-18,24H,19-20H2,1-3H3,(H,28,29). The molecule has 0 radical (unpaired) electrons. The number of ether oxygens (including phenoxy) is 1. The quantitative estimate of drug-likeness (QED) is 0.382. The Morgan fingerprint density at radius 2 is 1.27 bits per heavy atom. The molecule has 0 spiro atoms. The SMILES string of the molecule is CC(C)(C)[Si](OC(CC(=O)O)C(=O)OCc1ccccc1)(c1ccccc1)c1ccccc1. The Morgan fingerprint density at radius 3 is 1.70 bits per heavy atom. The Morgan fingerprint density at radius 1 is 0.818 bits per heavy atom. The zero-order chi connectivity index (χ0) is 23.9. The van der Waals surface area contributed by atoms with Crippen LogP contribution in [0.4, 0.5) is 0 Å². The van der Waals surface area contributed by atoms with Gasteiger partial charge >= 0.3 is 11.9 Å². The molecule has 0 aliphatic heterocycles. The number of aliphatic carboxylic acids is 1. The van der Waals surface area contributed by atoms with Crippen molar-refractivity contribution in [3.8, 4) is 0 Å². The topological polar surface area (TPSA) is 72.8 Å². The van der Waals surface area contributed by atoms with Gasteiger partial charge in [0.05, 0.1) is 6.42 Å². The number of carbonyl (C=O) groups excluding carboxylic acids is 1. The first-order valence-corrected chi connectivity index (χ1v) is 12.9. The molecule has 0 fully saturated rings. The van der Waals surface area contributed by atoms with Crippen molar-refractivity contribution in [3.63, 3.8) is 0 Å². The van der Waals surface area contributed by atoms with Gasteiger partial charge in [-0.2, -0.15) is 0 Å². The van der Waals surface area contributed by atoms with E-state index in [1.54, 1.807) is 0 Å². The van der Waals surface area contributed by atoms with Gasteiger partial charge in [-0.15, -0.1) is 0 Å². The molecule has 3 aromatic rings. The monoisotopic (exact) mass is 462 g/mol. The van der Waals surface area contributed by atoms with Gasteiger partial charge in [-0.1, -0.05) is 112 Å². The minimum Gasteiger partial charge on any atom is -0.481 e. The molecule has 3 rings (SSSR count). The molecule has 33 heavy (non-hydrogen) atoms. The van der Waals surface area contributed by atoms with Gasteiger partial charge in [0, 0.05) is 0 Å². The highest BCUT2D eigenvalue weighted by Gasteiger charge is 2.52. The van der Waals surface area contributed by atoms with Gasteiger partial charge in [0.1, 0.15) is 6.61 Å². The van der Waals surface area contributed by atoms with E-state index in [1.165, 1.54) is 0 Å². The van der Waals surface area contributed by atoms with E-state index < -0.39 is 37.8 Å². The Hall–Kier alpha value is -3.22. The van der Waals surface area contributed by atoms with E-state index in [4.69, 9.17) is 9.16 Å². The summed E-state index contributed by atoms with van der Waals surface area (Å²) in [7, 11) is -3.11. The number of carbonyl (C=O) groups is 2. The van der Waals surface area contributed by atoms with Crippen molar-refractivity contribution in [2.45, 2.75) is 44.9 Å². The number of hydrogen-bond acceptors (Lipinski definition) is 4. The van der Waals surface area contributed by atoms with Crippen LogP contribution in [0.25, 0.3) is 0 Å². The minimum atomic E-state index is -3.11. The lowest BCUT2D eigenvalue weighted by atomic mass is 10.2. The molecule has 0 saturated carbocycles. The molecule has 0 amide bonds. The summed E-state index contributed by atoms with van der Waals surface area (Å²) in [6.07, 6.45) is -1.71. The summed E-state index contributed by atoms with van der Waals surface area (Å²) < 4.78 is 12.2. The van der Waals surface area contributed by atoms with Crippen LogP contribution in [-0.4, -0.2) is 31.5 Å². The smallest absolute Gasteiger partial charge is 0.334 e. The first-order chi connectivity index (χ1) is 15.7. The van der Waals surface area contributed by atoms with Crippen LogP contribution in [0.2, 0.25) is 5.04 Å². The zero-order valence-corrected chi connectivity index (χ0v) is 20.2. The van der Waals surface area contributed by atoms with Gasteiger partial charge < -0.3 is 14.3 Å². The van der Waals surface area contributed by atoms with E-state index in [2.05, 4.69) is 20.8 Å². The largest absolute Gasteiger partial charge is 0.481 e. The maximum atomic E-state index is 13.1. The number of carboxylic acids is 1. The Labute approximate surface area is 196 Å². The Bertz CT molecular complexity index is 1010. The molecular formula is C27H30O5Si. The molecule has 5 nitrogen and oxygen atoms in total. The van der Waals surface area contributed by atoms with Crippen molar-refractivity contribution in [1.29, 1.82) is 0 Å². The molecule has 0 bridgehead atoms. The normalized spacial score (nSPS) is 12.7. The van der Waals surface area contributed by atoms with E-state index in [0.717, 1.165) is 15.9 Å². The van der Waals surface area contributed by atoms with Crippen LogP contribution in [-0.2, 0) is 25.4 Å². The summed E-state index contributed by atoms with van der Waals surface area (Å²) in [5.74, 6) is -1.79. The molecule has 0 heterocycles. The van der Waals surface area contributed by atoms with E-state index in [-0.39, 0.29) is 6.61 Å². The molecule has 0 saturated heterocycles. The zero-order valence-electron chi connectivity index (χ0n) is 19.2. The van der Waals surface area contributed by atoms with Crippen molar-refractivity contribution in [2.24, 2.45) is 0 Å². The fraction of sp³-hybridized carbons (Fsp3) is 0.259. The van der Waals surface area contributed by atoms with E-state index >= 15 is 0 Å². The second-order valence-electron chi connectivity index (χ2n) is 8.96. The average molecular weight is 463 g/mol. The van der Waals surface area contributed by atoms with Crippen molar-refractivity contribution in [2.75, 3.05) is 0 Å². The van der Waals surface area contributed by atoms with E-state index in [1.807, 2.05) is 91.0 Å². The van der Waals surface area contributed by atoms with Crippen LogP contribution in [0.1, 0.15) is 32.8 Å². The van der Waals surface area contributed by atoms with Crippen molar-refractivity contribution in [3.05, 3.63) is 96.6 Å². The lowest BCUT2D eigenvalue weighted by Gasteiger charge is -2.44. The van der Waals surface area contributed by atoms with E-state index in [9.17, 15) is 14.7 Å². The van der Waals surface area contributed by atoms with Crippen molar-refractivity contribution < 1.29 is 23.9 Å². The van der Waals surface area contributed by atoms with Crippen LogP contribution >= 0.6 is 0 Å². The highest BCUT2D eigenvalue weighted by Crippen LogP contribution is 2.38. The van der Waals surface area contributed by atoms with Gasteiger partial charge in [-0.25, -0.2) is 4.79 Å².